The highest BCUT2D eigenvalue weighted by Gasteiger charge is 2.02. The Morgan fingerprint density at radius 1 is 1.13 bits per heavy atom. The molecule has 0 aliphatic rings. The Morgan fingerprint density at radius 2 is 1.80 bits per heavy atom. The van der Waals surface area contributed by atoms with Gasteiger partial charge in [0.05, 0.1) is 6.61 Å². The zero-order valence-corrected chi connectivity index (χ0v) is 9.24. The SMILES string of the molecule is CCCCCCCCOC(=O)CON=O. The zero-order chi connectivity index (χ0) is 11.4. The highest BCUT2D eigenvalue weighted by molar-refractivity contribution is 5.70. The summed E-state index contributed by atoms with van der Waals surface area (Å²) in [6, 6.07) is 0. The molecule has 0 aromatic rings. The summed E-state index contributed by atoms with van der Waals surface area (Å²) >= 11 is 0. The lowest BCUT2D eigenvalue weighted by molar-refractivity contribution is -0.149. The van der Waals surface area contributed by atoms with Gasteiger partial charge < -0.3 is 9.57 Å². The van der Waals surface area contributed by atoms with Crippen LogP contribution in [0.5, 0.6) is 0 Å². The summed E-state index contributed by atoms with van der Waals surface area (Å²) in [4.78, 5) is 24.3. The maximum atomic E-state index is 10.8. The lowest BCUT2D eigenvalue weighted by Gasteiger charge is -2.03. The minimum atomic E-state index is -0.539. The summed E-state index contributed by atoms with van der Waals surface area (Å²) in [6.07, 6.45) is 6.84. The standard InChI is InChI=1S/C10H19NO4/c1-2-3-4-5-6-7-8-14-10(12)9-15-11-13/h2-9H2,1H3. The first kappa shape index (κ1) is 13.9. The van der Waals surface area contributed by atoms with E-state index < -0.39 is 5.97 Å². The van der Waals surface area contributed by atoms with Gasteiger partial charge in [0, 0.05) is 0 Å². The molecule has 0 saturated heterocycles. The average Bonchev–Trinajstić information content (AvgIpc) is 2.25. The Bertz CT molecular complexity index is 173. The average molecular weight is 217 g/mol. The molecule has 15 heavy (non-hydrogen) atoms. The minimum Gasteiger partial charge on any atom is -0.463 e. The third-order valence-electron chi connectivity index (χ3n) is 2.00. The zero-order valence-electron chi connectivity index (χ0n) is 9.24. The highest BCUT2D eigenvalue weighted by Crippen LogP contribution is 2.04. The van der Waals surface area contributed by atoms with Crippen molar-refractivity contribution in [2.75, 3.05) is 13.2 Å². The van der Waals surface area contributed by atoms with E-state index >= 15 is 0 Å². The number of unbranched alkanes of at least 4 members (excludes halogenated alkanes) is 5. The normalized spacial score (nSPS) is 9.67. The molecule has 0 fully saturated rings. The van der Waals surface area contributed by atoms with E-state index in [1.807, 2.05) is 0 Å². The van der Waals surface area contributed by atoms with Crippen LogP contribution in [0.4, 0.5) is 0 Å². The number of nitrogens with zero attached hydrogens (tertiary/aromatic N) is 1. The summed E-state index contributed by atoms with van der Waals surface area (Å²) in [5.74, 6) is -0.539. The lowest BCUT2D eigenvalue weighted by atomic mass is 10.1. The second kappa shape index (κ2) is 10.9. The van der Waals surface area contributed by atoms with E-state index in [1.54, 1.807) is 0 Å². The van der Waals surface area contributed by atoms with Crippen molar-refractivity contribution in [2.45, 2.75) is 45.4 Å². The molecule has 0 spiro atoms. The second-order valence-electron chi connectivity index (χ2n) is 3.34. The van der Waals surface area contributed by atoms with Crippen LogP contribution in [-0.4, -0.2) is 19.2 Å². The van der Waals surface area contributed by atoms with Crippen molar-refractivity contribution in [1.29, 1.82) is 0 Å². The summed E-state index contributed by atoms with van der Waals surface area (Å²) in [5, 5.41) is 2.10. The molecule has 0 unspecified atom stereocenters. The van der Waals surface area contributed by atoms with Gasteiger partial charge in [-0.15, -0.1) is 4.91 Å². The van der Waals surface area contributed by atoms with Crippen molar-refractivity contribution < 1.29 is 14.4 Å². The third-order valence-corrected chi connectivity index (χ3v) is 2.00. The minimum absolute atomic E-state index is 0.390. The molecule has 0 aliphatic heterocycles. The van der Waals surface area contributed by atoms with Crippen LogP contribution in [0, 0.1) is 4.91 Å². The van der Waals surface area contributed by atoms with E-state index in [1.165, 1.54) is 25.7 Å². The molecule has 0 atom stereocenters. The van der Waals surface area contributed by atoms with Crippen molar-refractivity contribution in [2.24, 2.45) is 5.34 Å². The Hall–Kier alpha value is -1.13. The predicted octanol–water partition coefficient (Wildman–Crippen LogP) is 2.59. The predicted molar refractivity (Wildman–Crippen MR) is 56.1 cm³/mol. The number of ether oxygens (including phenoxy) is 1. The number of carbonyl (C=O) groups excluding carboxylic acids is 1. The summed E-state index contributed by atoms with van der Waals surface area (Å²) in [5.41, 5.74) is 0. The van der Waals surface area contributed by atoms with Crippen LogP contribution >= 0.6 is 0 Å². The molecular weight excluding hydrogens is 198 g/mol. The van der Waals surface area contributed by atoms with Gasteiger partial charge >= 0.3 is 5.97 Å². The Balaban J connectivity index is 3.09. The molecule has 0 radical (unpaired) electrons. The van der Waals surface area contributed by atoms with Crippen LogP contribution < -0.4 is 0 Å². The summed E-state index contributed by atoms with van der Waals surface area (Å²) in [7, 11) is 0. The third kappa shape index (κ3) is 10.8. The van der Waals surface area contributed by atoms with Crippen LogP contribution in [0.15, 0.2) is 5.34 Å². The number of hydrogen-bond acceptors (Lipinski definition) is 5. The van der Waals surface area contributed by atoms with E-state index in [9.17, 15) is 9.70 Å². The fourth-order valence-corrected chi connectivity index (χ4v) is 1.19. The van der Waals surface area contributed by atoms with Gasteiger partial charge in [-0.05, 0) is 6.42 Å². The van der Waals surface area contributed by atoms with Gasteiger partial charge in [-0.2, -0.15) is 0 Å². The fraction of sp³-hybridized carbons (Fsp3) is 0.900. The Kier molecular flexibility index (Phi) is 10.1. The van der Waals surface area contributed by atoms with Crippen molar-refractivity contribution in [3.05, 3.63) is 4.91 Å². The molecule has 0 aromatic heterocycles. The summed E-state index contributed by atoms with van der Waals surface area (Å²) < 4.78 is 4.79. The molecule has 0 bridgehead atoms. The molecule has 0 amide bonds. The van der Waals surface area contributed by atoms with E-state index in [0.717, 1.165) is 12.8 Å². The summed E-state index contributed by atoms with van der Waals surface area (Å²) in [6.45, 7) is 2.18. The number of hydrogen-bond donors (Lipinski definition) is 0. The van der Waals surface area contributed by atoms with E-state index in [0.29, 0.717) is 6.61 Å². The van der Waals surface area contributed by atoms with Gasteiger partial charge in [0.15, 0.2) is 5.34 Å². The van der Waals surface area contributed by atoms with E-state index in [2.05, 4.69) is 17.1 Å². The molecule has 5 nitrogen and oxygen atoms in total. The molecule has 0 aliphatic carbocycles. The topological polar surface area (TPSA) is 65.0 Å². The van der Waals surface area contributed by atoms with Gasteiger partial charge in [-0.25, -0.2) is 4.79 Å². The molecule has 88 valence electrons. The number of rotatable bonds is 10. The van der Waals surface area contributed by atoms with Crippen LogP contribution in [-0.2, 0) is 14.4 Å². The number of esters is 1. The quantitative estimate of drug-likeness (QED) is 0.244. The molecule has 5 heteroatoms. The molecule has 0 aromatic carbocycles. The molecule has 0 rings (SSSR count). The maximum Gasteiger partial charge on any atom is 0.347 e. The monoisotopic (exact) mass is 217 g/mol. The van der Waals surface area contributed by atoms with Crippen LogP contribution in [0.3, 0.4) is 0 Å². The van der Waals surface area contributed by atoms with Gasteiger partial charge in [-0.1, -0.05) is 39.0 Å². The maximum absolute atomic E-state index is 10.8. The highest BCUT2D eigenvalue weighted by atomic mass is 16.7. The van der Waals surface area contributed by atoms with E-state index in [4.69, 9.17) is 4.74 Å². The number of carbonyl (C=O) groups is 1. The van der Waals surface area contributed by atoms with Crippen molar-refractivity contribution in [1.82, 2.24) is 0 Å². The van der Waals surface area contributed by atoms with Gasteiger partial charge in [-0.3, -0.25) is 0 Å². The Labute approximate surface area is 90.1 Å². The molecule has 0 N–H and O–H groups in total. The second-order valence-corrected chi connectivity index (χ2v) is 3.34. The van der Waals surface area contributed by atoms with Crippen molar-refractivity contribution in [3.8, 4) is 0 Å². The lowest BCUT2D eigenvalue weighted by Crippen LogP contribution is -2.11. The largest absolute Gasteiger partial charge is 0.463 e. The van der Waals surface area contributed by atoms with Crippen molar-refractivity contribution >= 4 is 5.97 Å². The smallest absolute Gasteiger partial charge is 0.347 e. The van der Waals surface area contributed by atoms with Gasteiger partial charge in [0.25, 0.3) is 0 Å². The molecule has 0 saturated carbocycles. The molecular formula is C10H19NO4. The van der Waals surface area contributed by atoms with E-state index in [-0.39, 0.29) is 6.61 Å². The first-order valence-electron chi connectivity index (χ1n) is 5.41. The fourth-order valence-electron chi connectivity index (χ4n) is 1.19. The van der Waals surface area contributed by atoms with Gasteiger partial charge in [0.2, 0.25) is 6.61 Å². The van der Waals surface area contributed by atoms with Crippen LogP contribution in [0.2, 0.25) is 0 Å². The molecule has 0 heterocycles. The first-order chi connectivity index (χ1) is 7.31. The van der Waals surface area contributed by atoms with Gasteiger partial charge in [0.1, 0.15) is 0 Å². The first-order valence-corrected chi connectivity index (χ1v) is 5.41. The van der Waals surface area contributed by atoms with Crippen LogP contribution in [0.1, 0.15) is 45.4 Å². The Morgan fingerprint density at radius 3 is 2.47 bits per heavy atom. The van der Waals surface area contributed by atoms with Crippen molar-refractivity contribution in [3.63, 3.8) is 0 Å². The van der Waals surface area contributed by atoms with Crippen LogP contribution in [0.25, 0.3) is 0 Å².